The summed E-state index contributed by atoms with van der Waals surface area (Å²) in [6.45, 7) is 0.672. The van der Waals surface area contributed by atoms with Crippen LogP contribution in [0.3, 0.4) is 0 Å². The normalized spacial score (nSPS) is 12.9. The van der Waals surface area contributed by atoms with Gasteiger partial charge in [0.2, 0.25) is 0 Å². The van der Waals surface area contributed by atoms with Gasteiger partial charge in [0.25, 0.3) is 0 Å². The largest absolute Gasteiger partial charge is 0.493 e. The van der Waals surface area contributed by atoms with Gasteiger partial charge in [0, 0.05) is 17.5 Å². The third kappa shape index (κ3) is 2.22. The van der Waals surface area contributed by atoms with E-state index in [1.807, 2.05) is 12.1 Å². The molecule has 96 valence electrons. The molecule has 2 aromatic rings. The third-order valence-corrected chi connectivity index (χ3v) is 3.97. The van der Waals surface area contributed by atoms with Gasteiger partial charge in [-0.15, -0.1) is 0 Å². The summed E-state index contributed by atoms with van der Waals surface area (Å²) >= 11 is 12.0. The Morgan fingerprint density at radius 2 is 2.00 bits per heavy atom. The maximum atomic E-state index is 12.4. The molecular weight excluding hydrogens is 283 g/mol. The summed E-state index contributed by atoms with van der Waals surface area (Å²) in [5.41, 5.74) is 2.09. The zero-order valence-corrected chi connectivity index (χ0v) is 11.5. The van der Waals surface area contributed by atoms with Crippen molar-refractivity contribution in [3.8, 4) is 5.75 Å². The molecule has 0 saturated heterocycles. The van der Waals surface area contributed by atoms with E-state index < -0.39 is 0 Å². The first-order valence-corrected chi connectivity index (χ1v) is 6.67. The molecular formula is C15H10Cl2O2. The monoisotopic (exact) mass is 292 g/mol. The van der Waals surface area contributed by atoms with E-state index in [1.54, 1.807) is 24.3 Å². The van der Waals surface area contributed by atoms with Gasteiger partial charge in [-0.1, -0.05) is 29.3 Å². The van der Waals surface area contributed by atoms with E-state index >= 15 is 0 Å². The Labute approximate surface area is 120 Å². The Kier molecular flexibility index (Phi) is 3.21. The van der Waals surface area contributed by atoms with Crippen LogP contribution in [0.4, 0.5) is 0 Å². The van der Waals surface area contributed by atoms with Crippen molar-refractivity contribution in [3.05, 3.63) is 63.1 Å². The molecule has 1 aliphatic rings. The van der Waals surface area contributed by atoms with Crippen LogP contribution in [0.25, 0.3) is 0 Å². The number of carbonyl (C=O) groups excluding carboxylic acids is 1. The summed E-state index contributed by atoms with van der Waals surface area (Å²) in [6, 6.07) is 10.5. The molecule has 1 aliphatic heterocycles. The van der Waals surface area contributed by atoms with Crippen LogP contribution in [-0.2, 0) is 6.42 Å². The quantitative estimate of drug-likeness (QED) is 0.777. The highest BCUT2D eigenvalue weighted by Crippen LogP contribution is 2.30. The first-order valence-electron chi connectivity index (χ1n) is 5.91. The number of ether oxygens (including phenoxy) is 1. The molecule has 0 saturated carbocycles. The molecule has 0 spiro atoms. The van der Waals surface area contributed by atoms with Crippen molar-refractivity contribution in [3.63, 3.8) is 0 Å². The topological polar surface area (TPSA) is 26.3 Å². The molecule has 0 unspecified atom stereocenters. The Morgan fingerprint density at radius 1 is 1.16 bits per heavy atom. The fraction of sp³-hybridized carbons (Fsp3) is 0.133. The van der Waals surface area contributed by atoms with Gasteiger partial charge in [0.1, 0.15) is 5.75 Å². The van der Waals surface area contributed by atoms with Gasteiger partial charge in [-0.3, -0.25) is 4.79 Å². The molecule has 0 fully saturated rings. The van der Waals surface area contributed by atoms with Crippen molar-refractivity contribution < 1.29 is 9.53 Å². The highest BCUT2D eigenvalue weighted by molar-refractivity contribution is 6.44. The highest BCUT2D eigenvalue weighted by atomic mass is 35.5. The lowest BCUT2D eigenvalue weighted by Gasteiger charge is -2.06. The molecule has 0 amide bonds. The lowest BCUT2D eigenvalue weighted by molar-refractivity contribution is 0.103. The number of ketones is 1. The molecule has 19 heavy (non-hydrogen) atoms. The zero-order valence-electron chi connectivity index (χ0n) is 9.95. The van der Waals surface area contributed by atoms with Crippen LogP contribution in [0, 0.1) is 0 Å². The van der Waals surface area contributed by atoms with Crippen molar-refractivity contribution in [2.75, 3.05) is 6.61 Å². The Morgan fingerprint density at radius 3 is 2.84 bits per heavy atom. The zero-order chi connectivity index (χ0) is 13.4. The van der Waals surface area contributed by atoms with Crippen molar-refractivity contribution in [1.82, 2.24) is 0 Å². The van der Waals surface area contributed by atoms with Crippen molar-refractivity contribution in [1.29, 1.82) is 0 Å². The van der Waals surface area contributed by atoms with Gasteiger partial charge in [0.05, 0.1) is 16.7 Å². The van der Waals surface area contributed by atoms with E-state index in [2.05, 4.69) is 0 Å². The number of rotatable bonds is 2. The minimum Gasteiger partial charge on any atom is -0.493 e. The summed E-state index contributed by atoms with van der Waals surface area (Å²) in [5, 5.41) is 0.683. The maximum absolute atomic E-state index is 12.4. The van der Waals surface area contributed by atoms with Crippen LogP contribution >= 0.6 is 23.2 Å². The second-order valence-electron chi connectivity index (χ2n) is 4.35. The molecule has 0 bridgehead atoms. The van der Waals surface area contributed by atoms with Crippen molar-refractivity contribution >= 4 is 29.0 Å². The molecule has 1 heterocycles. The first-order chi connectivity index (χ1) is 9.16. The van der Waals surface area contributed by atoms with E-state index in [4.69, 9.17) is 27.9 Å². The van der Waals surface area contributed by atoms with Crippen LogP contribution in [0.5, 0.6) is 5.75 Å². The van der Waals surface area contributed by atoms with Crippen molar-refractivity contribution in [2.45, 2.75) is 6.42 Å². The summed E-state index contributed by atoms with van der Waals surface area (Å²) in [7, 11) is 0. The molecule has 3 rings (SSSR count). The van der Waals surface area contributed by atoms with E-state index in [0.717, 1.165) is 17.7 Å². The van der Waals surface area contributed by atoms with Gasteiger partial charge in [-0.25, -0.2) is 0 Å². The summed E-state index contributed by atoms with van der Waals surface area (Å²) in [5.74, 6) is 0.732. The number of fused-ring (bicyclic) bond motifs is 1. The van der Waals surface area contributed by atoms with Crippen LogP contribution in [-0.4, -0.2) is 12.4 Å². The maximum Gasteiger partial charge on any atom is 0.194 e. The summed E-state index contributed by atoms with van der Waals surface area (Å²) in [4.78, 5) is 12.4. The van der Waals surface area contributed by atoms with E-state index in [0.29, 0.717) is 27.8 Å². The highest BCUT2D eigenvalue weighted by Gasteiger charge is 2.18. The molecule has 0 aromatic heterocycles. The second-order valence-corrected chi connectivity index (χ2v) is 5.14. The van der Waals surface area contributed by atoms with Gasteiger partial charge in [0.15, 0.2) is 5.78 Å². The van der Waals surface area contributed by atoms with E-state index in [-0.39, 0.29) is 5.78 Å². The van der Waals surface area contributed by atoms with Crippen LogP contribution in [0.1, 0.15) is 21.5 Å². The lowest BCUT2D eigenvalue weighted by atomic mass is 10.0. The standard InChI is InChI=1S/C15H10Cl2O2/c16-12-3-1-2-11(14(12)17)15(18)10-4-5-13-9(8-10)6-7-19-13/h1-5,8H,6-7H2. The number of halogens is 2. The lowest BCUT2D eigenvalue weighted by Crippen LogP contribution is -2.02. The minimum atomic E-state index is -0.123. The Hall–Kier alpha value is -1.51. The molecule has 0 atom stereocenters. The first kappa shape index (κ1) is 12.5. The van der Waals surface area contributed by atoms with Gasteiger partial charge in [-0.2, -0.15) is 0 Å². The number of hydrogen-bond donors (Lipinski definition) is 0. The Bertz CT molecular complexity index is 665. The van der Waals surface area contributed by atoms with Gasteiger partial charge < -0.3 is 4.74 Å². The number of benzene rings is 2. The summed E-state index contributed by atoms with van der Waals surface area (Å²) < 4.78 is 5.42. The summed E-state index contributed by atoms with van der Waals surface area (Å²) in [6.07, 6.45) is 0.833. The Balaban J connectivity index is 2.02. The predicted molar refractivity (Wildman–Crippen MR) is 75.5 cm³/mol. The SMILES string of the molecule is O=C(c1ccc2c(c1)CCO2)c1cccc(Cl)c1Cl. The molecule has 4 heteroatoms. The van der Waals surface area contributed by atoms with Crippen LogP contribution in [0.2, 0.25) is 10.0 Å². The number of hydrogen-bond acceptors (Lipinski definition) is 2. The molecule has 0 N–H and O–H groups in total. The van der Waals surface area contributed by atoms with Gasteiger partial charge >= 0.3 is 0 Å². The number of carbonyl (C=O) groups is 1. The smallest absolute Gasteiger partial charge is 0.194 e. The molecule has 0 aliphatic carbocycles. The van der Waals surface area contributed by atoms with Crippen LogP contribution in [0.15, 0.2) is 36.4 Å². The van der Waals surface area contributed by atoms with Crippen molar-refractivity contribution in [2.24, 2.45) is 0 Å². The molecule has 2 nitrogen and oxygen atoms in total. The van der Waals surface area contributed by atoms with Gasteiger partial charge in [-0.05, 0) is 35.9 Å². The van der Waals surface area contributed by atoms with Crippen LogP contribution < -0.4 is 4.74 Å². The fourth-order valence-electron chi connectivity index (χ4n) is 2.16. The van der Waals surface area contributed by atoms with E-state index in [9.17, 15) is 4.79 Å². The third-order valence-electron chi connectivity index (χ3n) is 3.15. The minimum absolute atomic E-state index is 0.123. The van der Waals surface area contributed by atoms with E-state index in [1.165, 1.54) is 0 Å². The predicted octanol–water partition coefficient (Wildman–Crippen LogP) is 4.16. The second kappa shape index (κ2) is 4.87. The fourth-order valence-corrected chi connectivity index (χ4v) is 2.55. The molecule has 2 aromatic carbocycles. The average Bonchev–Trinajstić information content (AvgIpc) is 2.88. The molecule has 0 radical (unpaired) electrons. The average molecular weight is 293 g/mol.